The Kier molecular flexibility index (Phi) is 5.17. The van der Waals surface area contributed by atoms with Crippen LogP contribution in [0.2, 0.25) is 0 Å². The van der Waals surface area contributed by atoms with Crippen molar-refractivity contribution >= 4 is 17.7 Å². The molecule has 1 aliphatic heterocycles. The van der Waals surface area contributed by atoms with Crippen LogP contribution in [0.3, 0.4) is 0 Å². The van der Waals surface area contributed by atoms with E-state index in [1.165, 1.54) is 13.8 Å². The van der Waals surface area contributed by atoms with Gasteiger partial charge in [-0.05, 0) is 31.9 Å². The smallest absolute Gasteiger partial charge is 0.303 e. The molecule has 4 aliphatic carbocycles. The number of esters is 2. The molecular weight excluding hydrogens is 468 g/mol. The number of aliphatic hydroxyl groups is 2. The lowest BCUT2D eigenvalue weighted by Gasteiger charge is -2.53. The maximum Gasteiger partial charge on any atom is 0.303 e. The average Bonchev–Trinajstić information content (AvgIpc) is 3.15. The molecule has 0 radical (unpaired) electrons. The van der Waals surface area contributed by atoms with Crippen LogP contribution in [-0.4, -0.2) is 69.3 Å². The van der Waals surface area contributed by atoms with Gasteiger partial charge in [0.15, 0.2) is 22.8 Å². The van der Waals surface area contributed by atoms with Crippen LogP contribution >= 0.6 is 0 Å². The lowest BCUT2D eigenvalue weighted by Crippen LogP contribution is -2.68. The first-order valence-corrected chi connectivity index (χ1v) is 12.5. The molecule has 9 heteroatoms. The highest BCUT2D eigenvalue weighted by Crippen LogP contribution is 2.77. The molecule has 0 aromatic rings. The molecule has 3 fully saturated rings. The summed E-state index contributed by atoms with van der Waals surface area (Å²) in [7, 11) is 0. The van der Waals surface area contributed by atoms with Crippen LogP contribution < -0.4 is 0 Å². The molecule has 0 aromatic heterocycles. The molecule has 5 rings (SSSR count). The van der Waals surface area contributed by atoms with E-state index in [0.29, 0.717) is 11.1 Å². The van der Waals surface area contributed by atoms with Crippen molar-refractivity contribution in [2.45, 2.75) is 90.2 Å². The zero-order valence-electron chi connectivity index (χ0n) is 22.1. The van der Waals surface area contributed by atoms with Crippen molar-refractivity contribution in [3.63, 3.8) is 0 Å². The second-order valence-electron chi connectivity index (χ2n) is 12.2. The van der Waals surface area contributed by atoms with E-state index in [4.69, 9.17) is 18.9 Å². The van der Waals surface area contributed by atoms with Crippen LogP contribution in [0, 0.1) is 29.1 Å². The molecule has 0 aromatic carbocycles. The summed E-state index contributed by atoms with van der Waals surface area (Å²) in [6.07, 6.45) is 1.41. The van der Waals surface area contributed by atoms with Crippen LogP contribution in [0.15, 0.2) is 23.3 Å². The van der Waals surface area contributed by atoms with E-state index in [1.807, 2.05) is 19.9 Å². The second-order valence-corrected chi connectivity index (χ2v) is 12.2. The van der Waals surface area contributed by atoms with Gasteiger partial charge in [0.05, 0.1) is 12.2 Å². The lowest BCUT2D eigenvalue weighted by atomic mass is 9.58. The van der Waals surface area contributed by atoms with Crippen LogP contribution in [0.4, 0.5) is 0 Å². The summed E-state index contributed by atoms with van der Waals surface area (Å²) in [5, 5.41) is 24.9. The van der Waals surface area contributed by atoms with E-state index in [9.17, 15) is 24.6 Å². The van der Waals surface area contributed by atoms with Gasteiger partial charge in [0.2, 0.25) is 0 Å². The van der Waals surface area contributed by atoms with Crippen molar-refractivity contribution < 1.29 is 43.5 Å². The minimum absolute atomic E-state index is 0.0983. The Labute approximate surface area is 210 Å². The fraction of sp³-hybridized carbons (Fsp3) is 0.741. The van der Waals surface area contributed by atoms with Crippen molar-refractivity contribution in [3.8, 4) is 0 Å². The van der Waals surface area contributed by atoms with Gasteiger partial charge in [0.25, 0.3) is 0 Å². The molecule has 2 N–H and O–H groups in total. The first-order chi connectivity index (χ1) is 16.5. The van der Waals surface area contributed by atoms with Crippen molar-refractivity contribution in [2.24, 2.45) is 29.1 Å². The highest BCUT2D eigenvalue weighted by atomic mass is 16.7. The van der Waals surface area contributed by atoms with Crippen molar-refractivity contribution in [1.29, 1.82) is 0 Å². The standard InChI is InChI=1S/C27H36O9/c1-12-9-18-25(31)13(2)21(34-14(3)28)27(35-15(4)29)19(23(27,5)6)17(25)10-16-11-33-24(7,8)36-22(16)26(18,32)20(12)30/h9-10,13,17-19,21-22,31-32H,11H2,1-8H3/t13-,17+,18+,19-,21-,22-,25-,26-,27-/m1/s1. The molecule has 36 heavy (non-hydrogen) atoms. The Morgan fingerprint density at radius 3 is 2.31 bits per heavy atom. The fourth-order valence-corrected chi connectivity index (χ4v) is 7.96. The lowest BCUT2D eigenvalue weighted by molar-refractivity contribution is -0.289. The van der Waals surface area contributed by atoms with E-state index in [1.54, 1.807) is 33.8 Å². The van der Waals surface area contributed by atoms with Crippen LogP contribution in [0.25, 0.3) is 0 Å². The average molecular weight is 505 g/mol. The molecule has 9 nitrogen and oxygen atoms in total. The van der Waals surface area contributed by atoms with Gasteiger partial charge < -0.3 is 29.2 Å². The molecule has 2 saturated carbocycles. The number of ether oxygens (including phenoxy) is 4. The second kappa shape index (κ2) is 7.28. The third-order valence-corrected chi connectivity index (χ3v) is 9.50. The highest BCUT2D eigenvalue weighted by molar-refractivity contribution is 6.05. The highest BCUT2D eigenvalue weighted by Gasteiger charge is 2.88. The maximum atomic E-state index is 13.6. The van der Waals surface area contributed by atoms with Gasteiger partial charge in [-0.1, -0.05) is 32.9 Å². The maximum absolute atomic E-state index is 13.6. The van der Waals surface area contributed by atoms with Crippen LogP contribution in [0.5, 0.6) is 0 Å². The summed E-state index contributed by atoms with van der Waals surface area (Å²) in [6, 6.07) is 0. The number of hydrogen-bond acceptors (Lipinski definition) is 9. The predicted molar refractivity (Wildman–Crippen MR) is 125 cm³/mol. The number of rotatable bonds is 2. The van der Waals surface area contributed by atoms with E-state index in [0.717, 1.165) is 0 Å². The molecule has 9 atom stereocenters. The molecular formula is C27H36O9. The van der Waals surface area contributed by atoms with E-state index < -0.39 is 81.6 Å². The van der Waals surface area contributed by atoms with Crippen LogP contribution in [-0.2, 0) is 33.3 Å². The Bertz CT molecular complexity index is 1120. The van der Waals surface area contributed by atoms with Crippen molar-refractivity contribution in [2.75, 3.05) is 6.61 Å². The number of carbonyl (C=O) groups excluding carboxylic acids is 3. The predicted octanol–water partition coefficient (Wildman–Crippen LogP) is 1.84. The largest absolute Gasteiger partial charge is 0.458 e. The van der Waals surface area contributed by atoms with E-state index in [2.05, 4.69) is 0 Å². The Hall–Kier alpha value is -2.07. The summed E-state index contributed by atoms with van der Waals surface area (Å²) in [4.78, 5) is 38.1. The topological polar surface area (TPSA) is 129 Å². The Morgan fingerprint density at radius 1 is 1.08 bits per heavy atom. The van der Waals surface area contributed by atoms with Crippen molar-refractivity contribution in [3.05, 3.63) is 23.3 Å². The fourth-order valence-electron chi connectivity index (χ4n) is 7.96. The number of fused-ring (bicyclic) bond motifs is 7. The molecule has 1 saturated heterocycles. The first-order valence-electron chi connectivity index (χ1n) is 12.5. The Balaban J connectivity index is 1.77. The van der Waals surface area contributed by atoms with Gasteiger partial charge >= 0.3 is 11.9 Å². The monoisotopic (exact) mass is 504 g/mol. The minimum Gasteiger partial charge on any atom is -0.458 e. The SMILES string of the molecule is CC(=O)O[C@@H]1[C@@H](C)[C@]2(O)[C@@H]3C=C(C)C(=O)[C@@]3(O)[C@@H]3OC(C)(C)OCC3=C[C@H]2[C@@H]2C(C)(C)[C@]12OC(C)=O. The van der Waals surface area contributed by atoms with E-state index >= 15 is 0 Å². The number of carbonyl (C=O) groups is 3. The van der Waals surface area contributed by atoms with E-state index in [-0.39, 0.29) is 6.61 Å². The van der Waals surface area contributed by atoms with Gasteiger partial charge in [-0.2, -0.15) is 0 Å². The van der Waals surface area contributed by atoms with Gasteiger partial charge in [-0.15, -0.1) is 0 Å². The zero-order chi connectivity index (χ0) is 26.8. The van der Waals surface area contributed by atoms with Crippen LogP contribution in [0.1, 0.15) is 55.4 Å². The minimum atomic E-state index is -2.09. The molecule has 0 amide bonds. The van der Waals surface area contributed by atoms with Gasteiger partial charge in [0.1, 0.15) is 12.2 Å². The Morgan fingerprint density at radius 2 is 1.72 bits per heavy atom. The summed E-state index contributed by atoms with van der Waals surface area (Å²) in [5.41, 5.74) is -4.82. The van der Waals surface area contributed by atoms with Crippen molar-refractivity contribution in [1.82, 2.24) is 0 Å². The van der Waals surface area contributed by atoms with Gasteiger partial charge in [0, 0.05) is 42.9 Å². The normalized spacial score (nSPS) is 47.7. The zero-order valence-corrected chi connectivity index (χ0v) is 22.1. The third-order valence-electron chi connectivity index (χ3n) is 9.50. The quantitative estimate of drug-likeness (QED) is 0.427. The molecule has 5 aliphatic rings. The summed E-state index contributed by atoms with van der Waals surface area (Å²) < 4.78 is 23.8. The summed E-state index contributed by atoms with van der Waals surface area (Å²) >= 11 is 0. The molecule has 1 heterocycles. The number of hydrogen-bond donors (Lipinski definition) is 2. The summed E-state index contributed by atoms with van der Waals surface area (Å²) in [6.45, 7) is 13.3. The first kappa shape index (κ1) is 25.6. The van der Waals surface area contributed by atoms with Gasteiger partial charge in [-0.3, -0.25) is 14.4 Å². The molecule has 0 spiro atoms. The molecule has 0 unspecified atom stereocenters. The van der Waals surface area contributed by atoms with Gasteiger partial charge in [-0.25, -0.2) is 0 Å². The molecule has 198 valence electrons. The summed E-state index contributed by atoms with van der Waals surface area (Å²) in [5.74, 6) is -5.68. The number of ketones is 1. The third kappa shape index (κ3) is 2.88. The molecule has 0 bridgehead atoms. The number of Topliss-reactive ketones (excluding diaryl/α,β-unsaturated/α-hetero) is 1.